The molecule has 92 valence electrons. The second kappa shape index (κ2) is 4.84. The van der Waals surface area contributed by atoms with Crippen LogP contribution in [0.15, 0.2) is 24.4 Å². The molecular formula is C13H20N4. The van der Waals surface area contributed by atoms with E-state index in [4.69, 9.17) is 0 Å². The van der Waals surface area contributed by atoms with Crippen molar-refractivity contribution in [3.63, 3.8) is 0 Å². The number of fused-ring (bicyclic) bond motifs is 1. The maximum atomic E-state index is 4.26. The van der Waals surface area contributed by atoms with E-state index < -0.39 is 0 Å². The summed E-state index contributed by atoms with van der Waals surface area (Å²) in [4.78, 5) is 0. The quantitative estimate of drug-likeness (QED) is 0.880. The molecule has 0 bridgehead atoms. The normalized spacial score (nSPS) is 15.4. The summed E-state index contributed by atoms with van der Waals surface area (Å²) in [5.41, 5.74) is 0.897. The van der Waals surface area contributed by atoms with E-state index in [1.165, 1.54) is 0 Å². The predicted octanol–water partition coefficient (Wildman–Crippen LogP) is 2.42. The number of hydrogen-bond acceptors (Lipinski definition) is 3. The van der Waals surface area contributed by atoms with Crippen molar-refractivity contribution in [3.05, 3.63) is 30.2 Å². The molecule has 0 aliphatic carbocycles. The van der Waals surface area contributed by atoms with E-state index in [2.05, 4.69) is 43.2 Å². The van der Waals surface area contributed by atoms with Crippen LogP contribution >= 0.6 is 0 Å². The van der Waals surface area contributed by atoms with Gasteiger partial charge in [-0.1, -0.05) is 19.9 Å². The maximum absolute atomic E-state index is 4.26. The first-order valence-electron chi connectivity index (χ1n) is 6.15. The van der Waals surface area contributed by atoms with Crippen LogP contribution in [0.1, 0.15) is 39.6 Å². The summed E-state index contributed by atoms with van der Waals surface area (Å²) in [6.45, 7) is 8.76. The number of rotatable bonds is 4. The average Bonchev–Trinajstić information content (AvgIpc) is 2.72. The Morgan fingerprint density at radius 1 is 1.12 bits per heavy atom. The second-order valence-corrected chi connectivity index (χ2v) is 4.91. The van der Waals surface area contributed by atoms with Crippen LogP contribution in [-0.2, 0) is 0 Å². The Kier molecular flexibility index (Phi) is 3.43. The SMILES string of the molecule is CC(C)[C@H](C)N[C@@H](C)c1nnc2ccccn12. The number of nitrogens with one attached hydrogen (secondary N) is 1. The molecule has 2 aromatic heterocycles. The lowest BCUT2D eigenvalue weighted by molar-refractivity contribution is 0.380. The van der Waals surface area contributed by atoms with E-state index in [0.717, 1.165) is 11.5 Å². The monoisotopic (exact) mass is 232 g/mol. The Morgan fingerprint density at radius 2 is 1.88 bits per heavy atom. The molecule has 2 heterocycles. The second-order valence-electron chi connectivity index (χ2n) is 4.91. The van der Waals surface area contributed by atoms with Crippen molar-refractivity contribution in [2.45, 2.75) is 39.8 Å². The summed E-state index contributed by atoms with van der Waals surface area (Å²) in [5.74, 6) is 1.57. The highest BCUT2D eigenvalue weighted by molar-refractivity contribution is 5.37. The van der Waals surface area contributed by atoms with E-state index in [9.17, 15) is 0 Å². The highest BCUT2D eigenvalue weighted by Crippen LogP contribution is 2.14. The molecule has 2 rings (SSSR count). The Balaban J connectivity index is 2.22. The van der Waals surface area contributed by atoms with Crippen molar-refractivity contribution < 1.29 is 0 Å². The van der Waals surface area contributed by atoms with Gasteiger partial charge in [0.1, 0.15) is 0 Å². The molecule has 2 aromatic rings. The van der Waals surface area contributed by atoms with Gasteiger partial charge in [-0.05, 0) is 31.9 Å². The van der Waals surface area contributed by atoms with Gasteiger partial charge in [-0.25, -0.2) is 0 Å². The lowest BCUT2D eigenvalue weighted by Crippen LogP contribution is -2.33. The molecule has 2 atom stereocenters. The van der Waals surface area contributed by atoms with Gasteiger partial charge in [-0.15, -0.1) is 10.2 Å². The fraction of sp³-hybridized carbons (Fsp3) is 0.538. The van der Waals surface area contributed by atoms with Crippen molar-refractivity contribution in [1.82, 2.24) is 19.9 Å². The number of nitrogens with zero attached hydrogens (tertiary/aromatic N) is 3. The van der Waals surface area contributed by atoms with Gasteiger partial charge in [0.25, 0.3) is 0 Å². The zero-order valence-electron chi connectivity index (χ0n) is 10.9. The molecule has 0 fully saturated rings. The van der Waals surface area contributed by atoms with E-state index in [-0.39, 0.29) is 6.04 Å². The molecule has 4 nitrogen and oxygen atoms in total. The molecule has 0 unspecified atom stereocenters. The van der Waals surface area contributed by atoms with E-state index in [0.29, 0.717) is 12.0 Å². The highest BCUT2D eigenvalue weighted by Gasteiger charge is 2.16. The van der Waals surface area contributed by atoms with Crippen LogP contribution in [0.3, 0.4) is 0 Å². The van der Waals surface area contributed by atoms with Crippen LogP contribution in [0.2, 0.25) is 0 Å². The average molecular weight is 232 g/mol. The van der Waals surface area contributed by atoms with E-state index in [1.54, 1.807) is 0 Å². The fourth-order valence-electron chi connectivity index (χ4n) is 1.82. The number of hydrogen-bond donors (Lipinski definition) is 1. The first kappa shape index (κ1) is 12.0. The third kappa shape index (κ3) is 2.47. The van der Waals surface area contributed by atoms with Crippen LogP contribution < -0.4 is 5.32 Å². The Labute approximate surface area is 102 Å². The highest BCUT2D eigenvalue weighted by atomic mass is 15.3. The zero-order valence-corrected chi connectivity index (χ0v) is 10.9. The molecule has 0 saturated carbocycles. The van der Waals surface area contributed by atoms with Gasteiger partial charge in [0.15, 0.2) is 11.5 Å². The third-order valence-electron chi connectivity index (χ3n) is 3.24. The van der Waals surface area contributed by atoms with Crippen molar-refractivity contribution in [1.29, 1.82) is 0 Å². The predicted molar refractivity (Wildman–Crippen MR) is 68.8 cm³/mol. The van der Waals surface area contributed by atoms with Gasteiger partial charge in [-0.3, -0.25) is 4.40 Å². The van der Waals surface area contributed by atoms with Gasteiger partial charge < -0.3 is 5.32 Å². The lowest BCUT2D eigenvalue weighted by Gasteiger charge is -2.21. The zero-order chi connectivity index (χ0) is 12.4. The standard InChI is InChI=1S/C13H20N4/c1-9(2)10(3)14-11(4)13-16-15-12-7-5-6-8-17(12)13/h5-11,14H,1-4H3/t10-,11-/m0/s1. The Morgan fingerprint density at radius 3 is 2.59 bits per heavy atom. The lowest BCUT2D eigenvalue weighted by atomic mass is 10.1. The topological polar surface area (TPSA) is 42.2 Å². The van der Waals surface area contributed by atoms with Gasteiger partial charge in [-0.2, -0.15) is 0 Å². The summed E-state index contributed by atoms with van der Waals surface area (Å²) >= 11 is 0. The van der Waals surface area contributed by atoms with Crippen LogP contribution in [0.25, 0.3) is 5.65 Å². The molecule has 0 spiro atoms. The molecular weight excluding hydrogens is 212 g/mol. The first-order chi connectivity index (χ1) is 8.09. The molecule has 0 saturated heterocycles. The first-order valence-corrected chi connectivity index (χ1v) is 6.15. The minimum Gasteiger partial charge on any atom is -0.305 e. The largest absolute Gasteiger partial charge is 0.305 e. The summed E-state index contributed by atoms with van der Waals surface area (Å²) in [6, 6.07) is 6.60. The van der Waals surface area contributed by atoms with E-state index in [1.807, 2.05) is 28.8 Å². The van der Waals surface area contributed by atoms with Crippen LogP contribution in [0.4, 0.5) is 0 Å². The molecule has 17 heavy (non-hydrogen) atoms. The van der Waals surface area contributed by atoms with Crippen molar-refractivity contribution >= 4 is 5.65 Å². The van der Waals surface area contributed by atoms with Gasteiger partial charge in [0, 0.05) is 12.2 Å². The minimum atomic E-state index is 0.199. The van der Waals surface area contributed by atoms with Crippen LogP contribution in [0.5, 0.6) is 0 Å². The number of pyridine rings is 1. The van der Waals surface area contributed by atoms with Crippen LogP contribution in [0, 0.1) is 5.92 Å². The van der Waals surface area contributed by atoms with E-state index >= 15 is 0 Å². The summed E-state index contributed by atoms with van der Waals surface area (Å²) < 4.78 is 2.03. The third-order valence-corrected chi connectivity index (χ3v) is 3.24. The molecule has 0 radical (unpaired) electrons. The molecule has 0 aliphatic heterocycles. The molecule has 4 heteroatoms. The van der Waals surface area contributed by atoms with Crippen molar-refractivity contribution in [2.24, 2.45) is 5.92 Å². The van der Waals surface area contributed by atoms with Crippen molar-refractivity contribution in [3.8, 4) is 0 Å². The fourth-order valence-corrected chi connectivity index (χ4v) is 1.82. The summed E-state index contributed by atoms with van der Waals surface area (Å²) in [7, 11) is 0. The molecule has 1 N–H and O–H groups in total. The van der Waals surface area contributed by atoms with Gasteiger partial charge in [0.2, 0.25) is 0 Å². The molecule has 0 amide bonds. The Bertz CT molecular complexity index is 489. The minimum absolute atomic E-state index is 0.199. The van der Waals surface area contributed by atoms with Gasteiger partial charge >= 0.3 is 0 Å². The molecule has 0 aliphatic rings. The maximum Gasteiger partial charge on any atom is 0.160 e. The summed E-state index contributed by atoms with van der Waals surface area (Å²) in [5, 5.41) is 12.0. The number of aromatic nitrogens is 3. The molecule has 0 aromatic carbocycles. The van der Waals surface area contributed by atoms with Crippen molar-refractivity contribution in [2.75, 3.05) is 0 Å². The Hall–Kier alpha value is -1.42. The smallest absolute Gasteiger partial charge is 0.160 e. The van der Waals surface area contributed by atoms with Gasteiger partial charge in [0.05, 0.1) is 6.04 Å². The summed E-state index contributed by atoms with van der Waals surface area (Å²) in [6.07, 6.45) is 2.00. The van der Waals surface area contributed by atoms with Crippen LogP contribution in [-0.4, -0.2) is 20.6 Å².